The van der Waals surface area contributed by atoms with E-state index in [1.54, 1.807) is 11.8 Å². The quantitative estimate of drug-likeness (QED) is 0.335. The number of aliphatic imine (C=N–C) groups is 1. The van der Waals surface area contributed by atoms with Crippen molar-refractivity contribution < 1.29 is 9.53 Å². The Morgan fingerprint density at radius 3 is 2.56 bits per heavy atom. The number of H-pyrrole nitrogens is 1. The van der Waals surface area contributed by atoms with Gasteiger partial charge < -0.3 is 15.0 Å². The number of aromatic amines is 1. The Morgan fingerprint density at radius 1 is 1.06 bits per heavy atom. The van der Waals surface area contributed by atoms with Gasteiger partial charge in [0.25, 0.3) is 0 Å². The summed E-state index contributed by atoms with van der Waals surface area (Å²) in [6.07, 6.45) is 2.18. The number of thioether (sulfide) groups is 1. The fourth-order valence-electron chi connectivity index (χ4n) is 4.34. The molecule has 2 heterocycles. The summed E-state index contributed by atoms with van der Waals surface area (Å²) in [5, 5.41) is 5.22. The Hall–Kier alpha value is -3.51. The Bertz CT molecular complexity index is 1300. The average molecular weight is 470 g/mol. The van der Waals surface area contributed by atoms with Crippen LogP contribution in [0.5, 0.6) is 0 Å². The summed E-state index contributed by atoms with van der Waals surface area (Å²) in [7, 11) is 0. The molecule has 1 aliphatic rings. The van der Waals surface area contributed by atoms with Gasteiger partial charge in [0, 0.05) is 29.3 Å². The van der Waals surface area contributed by atoms with E-state index in [4.69, 9.17) is 9.73 Å². The molecule has 1 aromatic heterocycles. The Labute approximate surface area is 203 Å². The van der Waals surface area contributed by atoms with Gasteiger partial charge in [0.15, 0.2) is 0 Å². The predicted molar refractivity (Wildman–Crippen MR) is 139 cm³/mol. The zero-order valence-corrected chi connectivity index (χ0v) is 19.8. The third kappa shape index (κ3) is 4.87. The van der Waals surface area contributed by atoms with Gasteiger partial charge in [-0.05, 0) is 29.7 Å². The number of nitrogens with one attached hydrogen (secondary N) is 2. The summed E-state index contributed by atoms with van der Waals surface area (Å²) >= 11 is 1.71. The number of benzene rings is 3. The van der Waals surface area contributed by atoms with Crippen molar-refractivity contribution in [2.45, 2.75) is 31.5 Å². The van der Waals surface area contributed by atoms with Gasteiger partial charge in [-0.1, -0.05) is 78.9 Å². The number of aromatic nitrogens is 1. The zero-order valence-electron chi connectivity index (χ0n) is 19.0. The highest BCUT2D eigenvalue weighted by Gasteiger charge is 2.38. The molecule has 0 radical (unpaired) electrons. The van der Waals surface area contributed by atoms with Gasteiger partial charge in [0.2, 0.25) is 0 Å². The van der Waals surface area contributed by atoms with Crippen molar-refractivity contribution in [3.63, 3.8) is 0 Å². The molecule has 0 saturated heterocycles. The van der Waals surface area contributed by atoms with Gasteiger partial charge >= 0.3 is 6.09 Å². The summed E-state index contributed by atoms with van der Waals surface area (Å²) in [6.45, 7) is 2.26. The van der Waals surface area contributed by atoms with Crippen LogP contribution in [0.1, 0.15) is 29.7 Å². The monoisotopic (exact) mass is 469 g/mol. The number of para-hydroxylation sites is 1. The van der Waals surface area contributed by atoms with E-state index in [1.165, 1.54) is 5.56 Å². The highest BCUT2D eigenvalue weighted by Crippen LogP contribution is 2.36. The Balaban J connectivity index is 1.40. The van der Waals surface area contributed by atoms with Crippen LogP contribution in [0.2, 0.25) is 0 Å². The van der Waals surface area contributed by atoms with Crippen LogP contribution in [0.25, 0.3) is 10.9 Å². The normalized spacial score (nSPS) is 17.2. The van der Waals surface area contributed by atoms with Crippen LogP contribution < -0.4 is 5.32 Å². The molecule has 5 nitrogen and oxygen atoms in total. The van der Waals surface area contributed by atoms with E-state index >= 15 is 0 Å². The molecule has 0 saturated carbocycles. The molecule has 2 N–H and O–H groups in total. The summed E-state index contributed by atoms with van der Waals surface area (Å²) in [5.41, 5.74) is 3.65. The minimum Gasteiger partial charge on any atom is -0.445 e. The minimum atomic E-state index is -0.701. The van der Waals surface area contributed by atoms with E-state index in [0.717, 1.165) is 32.8 Å². The molecule has 172 valence electrons. The maximum Gasteiger partial charge on any atom is 0.408 e. The van der Waals surface area contributed by atoms with Crippen molar-refractivity contribution in [3.05, 3.63) is 108 Å². The summed E-state index contributed by atoms with van der Waals surface area (Å²) in [5.74, 6) is 0.851. The smallest absolute Gasteiger partial charge is 0.408 e. The van der Waals surface area contributed by atoms with Crippen LogP contribution in [-0.2, 0) is 17.8 Å². The van der Waals surface area contributed by atoms with E-state index in [-0.39, 0.29) is 12.6 Å². The molecule has 0 aliphatic carbocycles. The van der Waals surface area contributed by atoms with E-state index < -0.39 is 11.6 Å². The second-order valence-electron chi connectivity index (χ2n) is 8.73. The lowest BCUT2D eigenvalue weighted by Gasteiger charge is -2.30. The highest BCUT2D eigenvalue weighted by atomic mass is 32.2. The molecule has 3 aromatic carbocycles. The second kappa shape index (κ2) is 9.77. The predicted octanol–water partition coefficient (Wildman–Crippen LogP) is 6.28. The van der Waals surface area contributed by atoms with Crippen LogP contribution in [0.3, 0.4) is 0 Å². The van der Waals surface area contributed by atoms with Gasteiger partial charge in [0.1, 0.15) is 6.61 Å². The molecule has 6 heteroatoms. The number of fused-ring (bicyclic) bond motifs is 1. The Kier molecular flexibility index (Phi) is 6.41. The lowest BCUT2D eigenvalue weighted by atomic mass is 9.93. The first-order chi connectivity index (χ1) is 16.6. The van der Waals surface area contributed by atoms with Crippen molar-refractivity contribution in [1.29, 1.82) is 0 Å². The number of hydrogen-bond donors (Lipinski definition) is 2. The molecule has 4 aromatic rings. The Morgan fingerprint density at radius 2 is 1.76 bits per heavy atom. The molecule has 2 atom stereocenters. The summed E-state index contributed by atoms with van der Waals surface area (Å²) < 4.78 is 5.58. The van der Waals surface area contributed by atoms with E-state index in [1.807, 2.05) is 73.8 Å². The maximum absolute atomic E-state index is 12.9. The van der Waals surface area contributed by atoms with Crippen molar-refractivity contribution in [3.8, 4) is 0 Å². The largest absolute Gasteiger partial charge is 0.445 e. The van der Waals surface area contributed by atoms with Crippen LogP contribution in [0.15, 0.2) is 96.1 Å². The second-order valence-corrected chi connectivity index (χ2v) is 9.74. The van der Waals surface area contributed by atoms with Crippen molar-refractivity contribution >= 4 is 33.8 Å². The van der Waals surface area contributed by atoms with Crippen molar-refractivity contribution in [1.82, 2.24) is 10.3 Å². The average Bonchev–Trinajstić information content (AvgIpc) is 3.53. The molecule has 5 rings (SSSR count). The van der Waals surface area contributed by atoms with E-state index in [2.05, 4.69) is 34.6 Å². The molecule has 0 unspecified atom stereocenters. The lowest BCUT2D eigenvalue weighted by molar-refractivity contribution is 0.133. The first-order valence-electron chi connectivity index (χ1n) is 11.4. The third-order valence-electron chi connectivity index (χ3n) is 6.12. The van der Waals surface area contributed by atoms with Crippen molar-refractivity contribution in [2.24, 2.45) is 4.99 Å². The maximum atomic E-state index is 12.9. The molecular formula is C28H27N3O2S. The van der Waals surface area contributed by atoms with E-state index in [9.17, 15) is 4.79 Å². The zero-order chi connectivity index (χ0) is 23.4. The van der Waals surface area contributed by atoms with Crippen molar-refractivity contribution in [2.75, 3.05) is 5.75 Å². The number of alkyl carbamates (subject to hydrolysis) is 1. The fraction of sp³-hybridized carbons (Fsp3) is 0.214. The molecule has 34 heavy (non-hydrogen) atoms. The number of amides is 1. The number of nitrogens with zero attached hydrogens (tertiary/aromatic N) is 1. The molecule has 1 aliphatic heterocycles. The molecule has 1 amide bonds. The van der Waals surface area contributed by atoms with E-state index in [0.29, 0.717) is 6.42 Å². The first kappa shape index (κ1) is 22.3. The van der Waals surface area contributed by atoms with Crippen LogP contribution >= 0.6 is 11.8 Å². The molecule has 0 fully saturated rings. The highest BCUT2D eigenvalue weighted by molar-refractivity contribution is 8.14. The third-order valence-corrected chi connectivity index (χ3v) is 7.43. The SMILES string of the molecule is C[C@](Cc1c[nH]c2ccccc12)(NC(=O)OCc1ccccc1)C1=N[C@H](c2ccccc2)CS1. The number of rotatable bonds is 7. The number of carbonyl (C=O) groups is 1. The van der Waals surface area contributed by atoms with Crippen LogP contribution in [0, 0.1) is 0 Å². The topological polar surface area (TPSA) is 66.5 Å². The molecular weight excluding hydrogens is 442 g/mol. The molecule has 0 bridgehead atoms. The van der Waals surface area contributed by atoms with Gasteiger partial charge in [-0.3, -0.25) is 4.99 Å². The summed E-state index contributed by atoms with van der Waals surface area (Å²) in [6, 6.07) is 28.3. The number of carbonyl (C=O) groups excluding carboxylic acids is 1. The minimum absolute atomic E-state index is 0.0747. The van der Waals surface area contributed by atoms with Crippen LogP contribution in [0.4, 0.5) is 4.79 Å². The number of ether oxygens (including phenoxy) is 1. The fourth-order valence-corrected chi connectivity index (χ4v) is 5.56. The first-order valence-corrected chi connectivity index (χ1v) is 12.4. The molecule has 0 spiro atoms. The number of hydrogen-bond acceptors (Lipinski definition) is 4. The lowest BCUT2D eigenvalue weighted by Crippen LogP contribution is -2.52. The van der Waals surface area contributed by atoms with Gasteiger partial charge in [-0.15, -0.1) is 11.8 Å². The van der Waals surface area contributed by atoms with Crippen LogP contribution in [-0.4, -0.2) is 27.4 Å². The standard InChI is InChI=1S/C28H27N3O2S/c1-28(16-22-17-29-24-15-9-8-14-23(22)24,31-27(32)33-18-20-10-4-2-5-11-20)26-30-25(19-34-26)21-12-6-3-7-13-21/h2-15,17,25,29H,16,18-19H2,1H3,(H,31,32)/t25-,28+/m0/s1. The van der Waals surface area contributed by atoms with Gasteiger partial charge in [-0.2, -0.15) is 0 Å². The van der Waals surface area contributed by atoms with Gasteiger partial charge in [0.05, 0.1) is 16.6 Å². The summed E-state index contributed by atoms with van der Waals surface area (Å²) in [4.78, 5) is 21.3. The van der Waals surface area contributed by atoms with Gasteiger partial charge in [-0.25, -0.2) is 4.79 Å².